The molecule has 5 nitrogen and oxygen atoms in total. The molecule has 4 rings (SSSR count). The molecule has 0 radical (unpaired) electrons. The first-order chi connectivity index (χ1) is 13.9. The lowest BCUT2D eigenvalue weighted by atomic mass is 10.1. The van der Waals surface area contributed by atoms with E-state index >= 15 is 0 Å². The van der Waals surface area contributed by atoms with Gasteiger partial charge in [-0.25, -0.2) is 4.98 Å². The first-order valence-corrected chi connectivity index (χ1v) is 10.9. The lowest BCUT2D eigenvalue weighted by Gasteiger charge is -2.36. The molecule has 6 heteroatoms. The van der Waals surface area contributed by atoms with Crippen LogP contribution in [0, 0.1) is 13.8 Å². The average Bonchev–Trinajstić information content (AvgIpc) is 3.08. The van der Waals surface area contributed by atoms with Gasteiger partial charge in [0.05, 0.1) is 22.4 Å². The number of amides is 1. The number of nitrogens with zero attached hydrogens (tertiary/aromatic N) is 3. The zero-order chi connectivity index (χ0) is 20.5. The maximum Gasteiger partial charge on any atom is 0.242 e. The van der Waals surface area contributed by atoms with E-state index in [1.807, 2.05) is 36.9 Å². The van der Waals surface area contributed by atoms with Gasteiger partial charge in [-0.05, 0) is 63.1 Å². The van der Waals surface area contributed by atoms with Crippen LogP contribution in [0.5, 0.6) is 0 Å². The predicted molar refractivity (Wildman–Crippen MR) is 119 cm³/mol. The Morgan fingerprint density at radius 1 is 1.14 bits per heavy atom. The fraction of sp³-hybridized carbons (Fsp3) is 0.391. The normalized spacial score (nSPS) is 19.5. The summed E-state index contributed by atoms with van der Waals surface area (Å²) in [4.78, 5) is 22.0. The number of ether oxygens (including phenoxy) is 1. The number of fused-ring (bicyclic) bond motifs is 1. The standard InChI is InChI=1S/C23H27N3O2S/c1-15-9-16(2)11-19(10-15)26(23-24-20-7-5-6-8-21(20)29-23)14-22(27)25-12-17(3)28-18(4)13-25/h5-11,17-18H,12-14H2,1-4H3/t17-,18-/m0/s1. The monoisotopic (exact) mass is 409 g/mol. The number of thiazole rings is 1. The molecular weight excluding hydrogens is 382 g/mol. The molecule has 0 unspecified atom stereocenters. The molecule has 2 heterocycles. The number of carbonyl (C=O) groups excluding carboxylic acids is 1. The Kier molecular flexibility index (Phi) is 5.56. The molecule has 1 fully saturated rings. The second kappa shape index (κ2) is 8.13. The molecule has 1 aromatic heterocycles. The third-order valence-electron chi connectivity index (χ3n) is 5.10. The molecule has 3 aromatic rings. The molecule has 2 atom stereocenters. The Balaban J connectivity index is 1.69. The van der Waals surface area contributed by atoms with E-state index in [2.05, 4.69) is 43.0 Å². The number of benzene rings is 2. The van der Waals surface area contributed by atoms with Crippen LogP contribution in [0.15, 0.2) is 42.5 Å². The fourth-order valence-electron chi connectivity index (χ4n) is 3.97. The van der Waals surface area contributed by atoms with Gasteiger partial charge in [-0.2, -0.15) is 0 Å². The number of anilines is 2. The van der Waals surface area contributed by atoms with E-state index in [9.17, 15) is 4.79 Å². The summed E-state index contributed by atoms with van der Waals surface area (Å²) in [5, 5.41) is 0.846. The summed E-state index contributed by atoms with van der Waals surface area (Å²) in [7, 11) is 0. The third-order valence-corrected chi connectivity index (χ3v) is 6.16. The molecule has 0 spiro atoms. The molecule has 0 saturated carbocycles. The third kappa shape index (κ3) is 4.43. The van der Waals surface area contributed by atoms with Crippen molar-refractivity contribution in [2.24, 2.45) is 0 Å². The van der Waals surface area contributed by atoms with E-state index in [-0.39, 0.29) is 24.7 Å². The highest BCUT2D eigenvalue weighted by Crippen LogP contribution is 2.34. The highest BCUT2D eigenvalue weighted by Gasteiger charge is 2.28. The Bertz CT molecular complexity index is 969. The van der Waals surface area contributed by atoms with Crippen LogP contribution in [0.3, 0.4) is 0 Å². The Hall–Kier alpha value is -2.44. The number of hydrogen-bond donors (Lipinski definition) is 0. The number of carbonyl (C=O) groups is 1. The second-order valence-corrected chi connectivity index (χ2v) is 8.96. The van der Waals surface area contributed by atoms with E-state index in [0.29, 0.717) is 13.1 Å². The first kappa shape index (κ1) is 19.9. The van der Waals surface area contributed by atoms with E-state index < -0.39 is 0 Å². The minimum absolute atomic E-state index is 0.0554. The van der Waals surface area contributed by atoms with Gasteiger partial charge >= 0.3 is 0 Å². The van der Waals surface area contributed by atoms with Crippen molar-refractivity contribution in [2.75, 3.05) is 24.5 Å². The molecule has 2 aromatic carbocycles. The number of hydrogen-bond acceptors (Lipinski definition) is 5. The van der Waals surface area contributed by atoms with Crippen molar-refractivity contribution in [1.82, 2.24) is 9.88 Å². The van der Waals surface area contributed by atoms with Crippen molar-refractivity contribution in [2.45, 2.75) is 39.9 Å². The summed E-state index contributed by atoms with van der Waals surface area (Å²) in [6.45, 7) is 9.73. The van der Waals surface area contributed by atoms with Crippen molar-refractivity contribution < 1.29 is 9.53 Å². The van der Waals surface area contributed by atoms with Gasteiger partial charge in [0.25, 0.3) is 0 Å². The van der Waals surface area contributed by atoms with Gasteiger partial charge in [-0.15, -0.1) is 0 Å². The van der Waals surface area contributed by atoms with Crippen LogP contribution in [0.4, 0.5) is 10.8 Å². The van der Waals surface area contributed by atoms with Crippen molar-refractivity contribution in [3.63, 3.8) is 0 Å². The topological polar surface area (TPSA) is 45.7 Å². The minimum atomic E-state index is 0.0554. The molecule has 152 valence electrons. The molecular formula is C23H27N3O2S. The number of para-hydroxylation sites is 1. The summed E-state index contributed by atoms with van der Waals surface area (Å²) in [5.41, 5.74) is 4.31. The van der Waals surface area contributed by atoms with Gasteiger partial charge in [-0.1, -0.05) is 29.5 Å². The smallest absolute Gasteiger partial charge is 0.242 e. The number of aryl methyl sites for hydroxylation is 2. The van der Waals surface area contributed by atoms with Crippen molar-refractivity contribution in [3.05, 3.63) is 53.6 Å². The molecule has 1 aliphatic rings. The Morgan fingerprint density at radius 3 is 2.45 bits per heavy atom. The summed E-state index contributed by atoms with van der Waals surface area (Å²) in [6, 6.07) is 14.5. The van der Waals surface area contributed by atoms with E-state index in [4.69, 9.17) is 9.72 Å². The number of rotatable bonds is 4. The van der Waals surface area contributed by atoms with Crippen molar-refractivity contribution >= 4 is 38.3 Å². The van der Waals surface area contributed by atoms with Crippen molar-refractivity contribution in [3.8, 4) is 0 Å². The maximum atomic E-state index is 13.2. The van der Waals surface area contributed by atoms with E-state index in [0.717, 1.165) is 21.0 Å². The largest absolute Gasteiger partial charge is 0.372 e. The second-order valence-electron chi connectivity index (χ2n) is 7.95. The summed E-state index contributed by atoms with van der Waals surface area (Å²) >= 11 is 1.62. The van der Waals surface area contributed by atoms with Gasteiger partial charge in [0.1, 0.15) is 6.54 Å². The van der Waals surface area contributed by atoms with Crippen LogP contribution in [-0.4, -0.2) is 47.6 Å². The van der Waals surface area contributed by atoms with Crippen LogP contribution < -0.4 is 4.90 Å². The first-order valence-electron chi connectivity index (χ1n) is 10.0. The zero-order valence-corrected chi connectivity index (χ0v) is 18.2. The lowest BCUT2D eigenvalue weighted by molar-refractivity contribution is -0.141. The van der Waals surface area contributed by atoms with Crippen LogP contribution in [-0.2, 0) is 9.53 Å². The quantitative estimate of drug-likeness (QED) is 0.627. The van der Waals surface area contributed by atoms with Crippen LogP contribution in [0.2, 0.25) is 0 Å². The maximum absolute atomic E-state index is 13.2. The summed E-state index contributed by atoms with van der Waals surface area (Å²) in [5.74, 6) is 0.102. The molecule has 1 saturated heterocycles. The average molecular weight is 410 g/mol. The van der Waals surface area contributed by atoms with Gasteiger partial charge in [0.2, 0.25) is 5.91 Å². The zero-order valence-electron chi connectivity index (χ0n) is 17.4. The van der Waals surface area contributed by atoms with Crippen LogP contribution in [0.25, 0.3) is 10.2 Å². The fourth-order valence-corrected chi connectivity index (χ4v) is 4.95. The Morgan fingerprint density at radius 2 is 1.79 bits per heavy atom. The highest BCUT2D eigenvalue weighted by atomic mass is 32.1. The number of morpholine rings is 1. The lowest BCUT2D eigenvalue weighted by Crippen LogP contribution is -2.50. The van der Waals surface area contributed by atoms with E-state index in [1.165, 1.54) is 11.1 Å². The molecule has 1 amide bonds. The van der Waals surface area contributed by atoms with Crippen molar-refractivity contribution in [1.29, 1.82) is 0 Å². The summed E-state index contributed by atoms with van der Waals surface area (Å²) < 4.78 is 6.92. The van der Waals surface area contributed by atoms with Gasteiger partial charge in [0, 0.05) is 18.8 Å². The predicted octanol–water partition coefficient (Wildman–Crippen LogP) is 4.69. The van der Waals surface area contributed by atoms with Gasteiger partial charge in [0.15, 0.2) is 5.13 Å². The van der Waals surface area contributed by atoms with Crippen LogP contribution in [0.1, 0.15) is 25.0 Å². The molecule has 0 bridgehead atoms. The molecule has 0 N–H and O–H groups in total. The summed E-state index contributed by atoms with van der Waals surface area (Å²) in [6.07, 6.45) is 0.111. The van der Waals surface area contributed by atoms with E-state index in [1.54, 1.807) is 11.3 Å². The molecule has 0 aliphatic carbocycles. The molecule has 29 heavy (non-hydrogen) atoms. The SMILES string of the molecule is Cc1cc(C)cc(N(CC(=O)N2C[C@H](C)O[C@@H](C)C2)c2nc3ccccc3s2)c1. The highest BCUT2D eigenvalue weighted by molar-refractivity contribution is 7.22. The minimum Gasteiger partial charge on any atom is -0.372 e. The van der Waals surface area contributed by atoms with Gasteiger partial charge < -0.3 is 14.5 Å². The molecule has 1 aliphatic heterocycles. The van der Waals surface area contributed by atoms with Gasteiger partial charge in [-0.3, -0.25) is 4.79 Å². The number of aromatic nitrogens is 1. The van der Waals surface area contributed by atoms with Crippen LogP contribution >= 0.6 is 11.3 Å². The Labute approximate surface area is 175 Å².